The monoisotopic (exact) mass is 328 g/mol. The molecule has 0 aromatic carbocycles. The van der Waals surface area contributed by atoms with Gasteiger partial charge in [-0.15, -0.1) is 0 Å². The molecule has 1 aliphatic heterocycles. The predicted molar refractivity (Wildman–Crippen MR) is 91.7 cm³/mol. The maximum Gasteiger partial charge on any atom is 0.239 e. The summed E-state index contributed by atoms with van der Waals surface area (Å²) in [5.41, 5.74) is 0. The summed E-state index contributed by atoms with van der Waals surface area (Å²) in [6.45, 7) is 6.30. The number of carbonyl (C=O) groups is 1. The number of hydrogen-bond donors (Lipinski definition) is 2. The summed E-state index contributed by atoms with van der Waals surface area (Å²) >= 11 is 0. The molecule has 23 heavy (non-hydrogen) atoms. The Morgan fingerprint density at radius 3 is 2.61 bits per heavy atom. The van der Waals surface area contributed by atoms with E-state index in [-0.39, 0.29) is 12.5 Å². The second kappa shape index (κ2) is 12.1. The topological polar surface area (TPSA) is 75.2 Å². The fourth-order valence-corrected chi connectivity index (χ4v) is 2.51. The number of carbonyl (C=O) groups excluding carboxylic acids is 1. The van der Waals surface area contributed by atoms with E-state index in [1.807, 2.05) is 6.92 Å². The molecular weight excluding hydrogens is 296 g/mol. The fourth-order valence-electron chi connectivity index (χ4n) is 2.51. The molecule has 1 saturated heterocycles. The Balaban J connectivity index is 2.24. The lowest BCUT2D eigenvalue weighted by atomic mass is 10.1. The Labute approximate surface area is 139 Å². The van der Waals surface area contributed by atoms with E-state index < -0.39 is 0 Å². The molecule has 0 aliphatic carbocycles. The minimum Gasteiger partial charge on any atom is -0.385 e. The maximum absolute atomic E-state index is 11.7. The van der Waals surface area contributed by atoms with Crippen LogP contribution in [-0.2, 0) is 14.3 Å². The third-order valence-electron chi connectivity index (χ3n) is 3.78. The molecule has 2 N–H and O–H groups in total. The number of guanidine groups is 1. The molecule has 1 heterocycles. The number of methoxy groups -OCH3 is 1. The highest BCUT2D eigenvalue weighted by Crippen LogP contribution is 2.14. The van der Waals surface area contributed by atoms with Gasteiger partial charge in [0.1, 0.15) is 0 Å². The van der Waals surface area contributed by atoms with Gasteiger partial charge in [0, 0.05) is 47.0 Å². The number of piperidine rings is 1. The van der Waals surface area contributed by atoms with Crippen molar-refractivity contribution in [3.63, 3.8) is 0 Å². The maximum atomic E-state index is 11.7. The number of rotatable bonds is 9. The van der Waals surface area contributed by atoms with Gasteiger partial charge in [0.15, 0.2) is 5.96 Å². The van der Waals surface area contributed by atoms with Gasteiger partial charge < -0.3 is 25.0 Å². The van der Waals surface area contributed by atoms with E-state index in [0.717, 1.165) is 57.9 Å². The molecule has 0 aromatic rings. The van der Waals surface area contributed by atoms with Gasteiger partial charge in [0.2, 0.25) is 5.91 Å². The standard InChI is InChI=1S/C16H32N4O3/c1-4-8-18-15(21)13-19-16(17-2)20-9-6-14(7-10-20)23-12-5-11-22-3/h14H,4-13H2,1-3H3,(H,17,19)(H,18,21). The molecule has 1 fully saturated rings. The van der Waals surface area contributed by atoms with Crippen molar-refractivity contribution in [1.29, 1.82) is 0 Å². The first-order valence-corrected chi connectivity index (χ1v) is 8.54. The summed E-state index contributed by atoms with van der Waals surface area (Å²) in [7, 11) is 3.46. The van der Waals surface area contributed by atoms with Crippen molar-refractivity contribution in [2.45, 2.75) is 38.7 Å². The molecule has 0 radical (unpaired) electrons. The lowest BCUT2D eigenvalue weighted by Gasteiger charge is -2.34. The number of nitrogens with zero attached hydrogens (tertiary/aromatic N) is 2. The highest BCUT2D eigenvalue weighted by atomic mass is 16.5. The van der Waals surface area contributed by atoms with Gasteiger partial charge in [-0.3, -0.25) is 9.79 Å². The average molecular weight is 328 g/mol. The van der Waals surface area contributed by atoms with Crippen LogP contribution in [0.2, 0.25) is 0 Å². The highest BCUT2D eigenvalue weighted by Gasteiger charge is 2.22. The molecule has 0 atom stereocenters. The highest BCUT2D eigenvalue weighted by molar-refractivity contribution is 5.86. The van der Waals surface area contributed by atoms with Gasteiger partial charge in [-0.05, 0) is 25.7 Å². The summed E-state index contributed by atoms with van der Waals surface area (Å²) in [6, 6.07) is 0. The van der Waals surface area contributed by atoms with E-state index in [0.29, 0.717) is 12.6 Å². The van der Waals surface area contributed by atoms with Crippen LogP contribution in [0, 0.1) is 0 Å². The second-order valence-electron chi connectivity index (χ2n) is 5.65. The van der Waals surface area contributed by atoms with Gasteiger partial charge in [0.25, 0.3) is 0 Å². The van der Waals surface area contributed by atoms with E-state index >= 15 is 0 Å². The van der Waals surface area contributed by atoms with Crippen molar-refractivity contribution < 1.29 is 14.3 Å². The largest absolute Gasteiger partial charge is 0.385 e. The van der Waals surface area contributed by atoms with Gasteiger partial charge in [-0.25, -0.2) is 0 Å². The summed E-state index contributed by atoms with van der Waals surface area (Å²) in [5.74, 6) is 0.791. The Kier molecular flexibility index (Phi) is 10.4. The molecule has 1 aliphatic rings. The number of amides is 1. The van der Waals surface area contributed by atoms with Crippen LogP contribution >= 0.6 is 0 Å². The van der Waals surface area contributed by atoms with Crippen molar-refractivity contribution >= 4 is 11.9 Å². The zero-order valence-electron chi connectivity index (χ0n) is 14.8. The summed E-state index contributed by atoms with van der Waals surface area (Å²) < 4.78 is 10.9. The summed E-state index contributed by atoms with van der Waals surface area (Å²) in [6.07, 6.45) is 4.16. The fraction of sp³-hybridized carbons (Fsp3) is 0.875. The Morgan fingerprint density at radius 2 is 2.00 bits per heavy atom. The van der Waals surface area contributed by atoms with Crippen molar-refractivity contribution in [1.82, 2.24) is 15.5 Å². The number of aliphatic imine (C=N–C) groups is 1. The first-order chi connectivity index (χ1) is 11.2. The molecule has 0 spiro atoms. The first-order valence-electron chi connectivity index (χ1n) is 8.54. The van der Waals surface area contributed by atoms with E-state index in [9.17, 15) is 4.79 Å². The van der Waals surface area contributed by atoms with Gasteiger partial charge in [-0.2, -0.15) is 0 Å². The van der Waals surface area contributed by atoms with Crippen LogP contribution in [0.3, 0.4) is 0 Å². The van der Waals surface area contributed by atoms with Crippen LogP contribution in [0.1, 0.15) is 32.6 Å². The molecule has 134 valence electrons. The van der Waals surface area contributed by atoms with Gasteiger partial charge in [-0.1, -0.05) is 6.92 Å². The molecule has 0 unspecified atom stereocenters. The Hall–Kier alpha value is -1.34. The molecule has 0 saturated carbocycles. The normalized spacial score (nSPS) is 16.5. The van der Waals surface area contributed by atoms with Crippen molar-refractivity contribution in [3.8, 4) is 0 Å². The molecular formula is C16H32N4O3. The summed E-state index contributed by atoms with van der Waals surface area (Å²) in [5, 5.41) is 5.98. The van der Waals surface area contributed by atoms with Crippen LogP contribution in [0.5, 0.6) is 0 Å². The lowest BCUT2D eigenvalue weighted by Crippen LogP contribution is -2.49. The number of ether oxygens (including phenoxy) is 2. The van der Waals surface area contributed by atoms with Crippen LogP contribution in [0.15, 0.2) is 4.99 Å². The Bertz CT molecular complexity index is 355. The zero-order chi connectivity index (χ0) is 16.9. The van der Waals surface area contributed by atoms with Crippen LogP contribution < -0.4 is 10.6 Å². The predicted octanol–water partition coefficient (Wildman–Crippen LogP) is 0.606. The van der Waals surface area contributed by atoms with Crippen molar-refractivity contribution in [2.75, 3.05) is 53.6 Å². The van der Waals surface area contributed by atoms with Crippen LogP contribution in [0.25, 0.3) is 0 Å². The molecule has 0 aromatic heterocycles. The molecule has 1 amide bonds. The van der Waals surface area contributed by atoms with Gasteiger partial charge >= 0.3 is 0 Å². The molecule has 0 bridgehead atoms. The van der Waals surface area contributed by atoms with Crippen molar-refractivity contribution in [2.24, 2.45) is 4.99 Å². The third-order valence-corrected chi connectivity index (χ3v) is 3.78. The first kappa shape index (κ1) is 19.7. The van der Waals surface area contributed by atoms with E-state index in [4.69, 9.17) is 9.47 Å². The smallest absolute Gasteiger partial charge is 0.239 e. The van der Waals surface area contributed by atoms with Gasteiger partial charge in [0.05, 0.1) is 12.6 Å². The molecule has 7 heteroatoms. The van der Waals surface area contributed by atoms with E-state index in [2.05, 4.69) is 20.5 Å². The second-order valence-corrected chi connectivity index (χ2v) is 5.65. The number of likely N-dealkylation sites (tertiary alicyclic amines) is 1. The number of hydrogen-bond acceptors (Lipinski definition) is 4. The van der Waals surface area contributed by atoms with Crippen LogP contribution in [0.4, 0.5) is 0 Å². The number of nitrogens with one attached hydrogen (secondary N) is 2. The third kappa shape index (κ3) is 8.18. The van der Waals surface area contributed by atoms with Crippen molar-refractivity contribution in [3.05, 3.63) is 0 Å². The lowest BCUT2D eigenvalue weighted by molar-refractivity contribution is -0.120. The van der Waals surface area contributed by atoms with E-state index in [1.165, 1.54) is 0 Å². The Morgan fingerprint density at radius 1 is 1.26 bits per heavy atom. The summed E-state index contributed by atoms with van der Waals surface area (Å²) in [4.78, 5) is 18.1. The quantitative estimate of drug-likeness (QED) is 0.368. The SMILES string of the molecule is CCCNC(=O)CNC(=NC)N1CCC(OCCCOC)CC1. The molecule has 7 nitrogen and oxygen atoms in total. The van der Waals surface area contributed by atoms with E-state index in [1.54, 1.807) is 14.2 Å². The minimum atomic E-state index is 0.00404. The average Bonchev–Trinajstić information content (AvgIpc) is 2.58. The zero-order valence-corrected chi connectivity index (χ0v) is 14.8. The van der Waals surface area contributed by atoms with Crippen LogP contribution in [-0.4, -0.2) is 76.4 Å². The minimum absolute atomic E-state index is 0.00404. The molecule has 1 rings (SSSR count).